The van der Waals surface area contributed by atoms with Crippen molar-refractivity contribution in [3.05, 3.63) is 29.8 Å². The minimum Gasteiger partial charge on any atom is -0.480 e. The number of ether oxygens (including phenoxy) is 1. The van der Waals surface area contributed by atoms with Crippen molar-refractivity contribution in [1.29, 1.82) is 0 Å². The maximum Gasteiger partial charge on any atom is 0.326 e. The minimum absolute atomic E-state index is 0.231. The molecule has 0 aliphatic carbocycles. The minimum atomic E-state index is -1.03. The lowest BCUT2D eigenvalue weighted by Gasteiger charge is -2.22. The van der Waals surface area contributed by atoms with Crippen LogP contribution in [0.15, 0.2) is 29.2 Å². The fraction of sp³-hybridized carbons (Fsp3) is 0.529. The van der Waals surface area contributed by atoms with Crippen LogP contribution in [0.1, 0.15) is 38.7 Å². The average molecular weight is 337 g/mol. The Morgan fingerprint density at radius 3 is 2.74 bits per heavy atom. The Kier molecular flexibility index (Phi) is 5.70. The van der Waals surface area contributed by atoms with Crippen molar-refractivity contribution in [2.24, 2.45) is 0 Å². The van der Waals surface area contributed by atoms with Gasteiger partial charge < -0.3 is 15.2 Å². The summed E-state index contributed by atoms with van der Waals surface area (Å²) in [4.78, 5) is 24.9. The Balaban J connectivity index is 1.95. The number of aliphatic carboxylic acids is 1. The molecule has 0 saturated heterocycles. The average Bonchev–Trinajstić information content (AvgIpc) is 2.88. The van der Waals surface area contributed by atoms with E-state index < -0.39 is 12.0 Å². The van der Waals surface area contributed by atoms with Crippen LogP contribution >= 0.6 is 11.8 Å². The van der Waals surface area contributed by atoms with Gasteiger partial charge in [-0.1, -0.05) is 18.2 Å². The van der Waals surface area contributed by atoms with Crippen LogP contribution in [0.4, 0.5) is 0 Å². The van der Waals surface area contributed by atoms with E-state index in [1.54, 1.807) is 11.8 Å². The number of fused-ring (bicyclic) bond motifs is 1. The molecule has 1 aliphatic heterocycles. The maximum absolute atomic E-state index is 12.5. The van der Waals surface area contributed by atoms with Crippen molar-refractivity contribution in [2.75, 3.05) is 12.4 Å². The van der Waals surface area contributed by atoms with Crippen LogP contribution in [0.3, 0.4) is 0 Å². The molecule has 1 heterocycles. The summed E-state index contributed by atoms with van der Waals surface area (Å²) in [7, 11) is 0. The number of carboxylic acid groups (broad SMARTS) is 1. The zero-order valence-corrected chi connectivity index (χ0v) is 14.5. The van der Waals surface area contributed by atoms with Gasteiger partial charge in [-0.25, -0.2) is 4.79 Å². The third-order valence-corrected chi connectivity index (χ3v) is 4.76. The number of rotatable bonds is 6. The third-order valence-electron chi connectivity index (χ3n) is 3.57. The highest BCUT2D eigenvalue weighted by atomic mass is 32.2. The molecule has 0 saturated carbocycles. The highest BCUT2D eigenvalue weighted by molar-refractivity contribution is 7.99. The van der Waals surface area contributed by atoms with Crippen LogP contribution in [-0.2, 0) is 14.3 Å². The first kappa shape index (κ1) is 17.8. The molecule has 2 rings (SSSR count). The van der Waals surface area contributed by atoms with Gasteiger partial charge in [0.15, 0.2) is 0 Å². The van der Waals surface area contributed by atoms with E-state index in [2.05, 4.69) is 5.32 Å². The quantitative estimate of drug-likeness (QED) is 0.835. The zero-order chi connectivity index (χ0) is 17.0. The standard InChI is InChI=1S/C17H23NO4S/c1-17(2,3)22-9-8-13(16(20)21)18-15(19)12-10-23-14-7-5-4-6-11(12)14/h4-7,12-13H,8-10H2,1-3H3,(H,18,19)(H,20,21). The van der Waals surface area contributed by atoms with Crippen LogP contribution in [0, 0.1) is 0 Å². The van der Waals surface area contributed by atoms with Crippen molar-refractivity contribution in [3.8, 4) is 0 Å². The van der Waals surface area contributed by atoms with E-state index in [1.807, 2.05) is 45.0 Å². The van der Waals surface area contributed by atoms with Gasteiger partial charge in [0.25, 0.3) is 0 Å². The molecular weight excluding hydrogens is 314 g/mol. The maximum atomic E-state index is 12.5. The third kappa shape index (κ3) is 4.97. The summed E-state index contributed by atoms with van der Waals surface area (Å²) < 4.78 is 5.55. The topological polar surface area (TPSA) is 75.6 Å². The number of hydrogen-bond acceptors (Lipinski definition) is 4. The number of hydrogen-bond donors (Lipinski definition) is 2. The number of carbonyl (C=O) groups is 2. The molecule has 1 amide bonds. The van der Waals surface area contributed by atoms with Crippen LogP contribution in [-0.4, -0.2) is 41.0 Å². The highest BCUT2D eigenvalue weighted by Crippen LogP contribution is 2.39. The lowest BCUT2D eigenvalue weighted by atomic mass is 10.00. The van der Waals surface area contributed by atoms with E-state index in [-0.39, 0.29) is 30.5 Å². The predicted octanol–water partition coefficient (Wildman–Crippen LogP) is 2.65. The normalized spacial score (nSPS) is 18.3. The van der Waals surface area contributed by atoms with E-state index in [1.165, 1.54) is 0 Å². The molecule has 2 N–H and O–H groups in total. The van der Waals surface area contributed by atoms with Crippen LogP contribution in [0.5, 0.6) is 0 Å². The van der Waals surface area contributed by atoms with E-state index in [9.17, 15) is 14.7 Å². The number of benzene rings is 1. The first-order valence-electron chi connectivity index (χ1n) is 7.67. The smallest absolute Gasteiger partial charge is 0.326 e. The highest BCUT2D eigenvalue weighted by Gasteiger charge is 2.31. The number of carbonyl (C=O) groups excluding carboxylic acids is 1. The molecule has 23 heavy (non-hydrogen) atoms. The molecule has 2 atom stereocenters. The summed E-state index contributed by atoms with van der Waals surface area (Å²) in [5.41, 5.74) is 0.652. The summed E-state index contributed by atoms with van der Waals surface area (Å²) in [6.07, 6.45) is 0.250. The van der Waals surface area contributed by atoms with Crippen LogP contribution < -0.4 is 5.32 Å². The predicted molar refractivity (Wildman–Crippen MR) is 89.8 cm³/mol. The van der Waals surface area contributed by atoms with Gasteiger partial charge in [0, 0.05) is 23.7 Å². The van der Waals surface area contributed by atoms with Crippen molar-refractivity contribution in [1.82, 2.24) is 5.32 Å². The molecule has 0 radical (unpaired) electrons. The fourth-order valence-corrected chi connectivity index (χ4v) is 3.62. The molecular formula is C17H23NO4S. The van der Waals surface area contributed by atoms with Crippen molar-refractivity contribution >= 4 is 23.6 Å². The number of nitrogens with one attached hydrogen (secondary N) is 1. The van der Waals surface area contributed by atoms with Gasteiger partial charge in [-0.2, -0.15) is 0 Å². The number of amides is 1. The summed E-state index contributed by atoms with van der Waals surface area (Å²) in [6, 6.07) is 6.83. The molecule has 0 bridgehead atoms. The number of thioether (sulfide) groups is 1. The van der Waals surface area contributed by atoms with Crippen LogP contribution in [0.2, 0.25) is 0 Å². The second kappa shape index (κ2) is 7.36. The van der Waals surface area contributed by atoms with E-state index in [0.717, 1.165) is 10.5 Å². The molecule has 5 nitrogen and oxygen atoms in total. The summed E-state index contributed by atoms with van der Waals surface area (Å²) in [6.45, 7) is 6.02. The second-order valence-electron chi connectivity index (χ2n) is 6.55. The molecule has 0 spiro atoms. The van der Waals surface area contributed by atoms with Crippen molar-refractivity contribution < 1.29 is 19.4 Å². The van der Waals surface area contributed by atoms with Crippen molar-refractivity contribution in [2.45, 2.75) is 49.6 Å². The van der Waals surface area contributed by atoms with E-state index in [4.69, 9.17) is 4.74 Å². The van der Waals surface area contributed by atoms with Gasteiger partial charge in [0.05, 0.1) is 11.5 Å². The molecule has 126 valence electrons. The van der Waals surface area contributed by atoms with E-state index >= 15 is 0 Å². The Bertz CT molecular complexity index is 582. The first-order valence-corrected chi connectivity index (χ1v) is 8.65. The Hall–Kier alpha value is -1.53. The molecule has 2 unspecified atom stereocenters. The van der Waals surface area contributed by atoms with E-state index in [0.29, 0.717) is 5.75 Å². The molecule has 1 aromatic carbocycles. The largest absolute Gasteiger partial charge is 0.480 e. The molecule has 0 aromatic heterocycles. The first-order chi connectivity index (χ1) is 10.8. The van der Waals surface area contributed by atoms with Gasteiger partial charge in [-0.05, 0) is 32.4 Å². The zero-order valence-electron chi connectivity index (χ0n) is 13.7. The Morgan fingerprint density at radius 1 is 1.39 bits per heavy atom. The lowest BCUT2D eigenvalue weighted by molar-refractivity contribution is -0.143. The molecule has 6 heteroatoms. The lowest BCUT2D eigenvalue weighted by Crippen LogP contribution is -2.44. The van der Waals surface area contributed by atoms with Gasteiger partial charge in [0.1, 0.15) is 6.04 Å². The molecule has 1 aliphatic rings. The van der Waals surface area contributed by atoms with Crippen molar-refractivity contribution in [3.63, 3.8) is 0 Å². The van der Waals surface area contributed by atoms with Gasteiger partial charge in [0.2, 0.25) is 5.91 Å². The number of carboxylic acids is 1. The monoisotopic (exact) mass is 337 g/mol. The summed E-state index contributed by atoms with van der Waals surface area (Å²) in [5, 5.41) is 12.0. The SMILES string of the molecule is CC(C)(C)OCCC(NC(=O)C1CSc2ccccc21)C(=O)O. The summed E-state index contributed by atoms with van der Waals surface area (Å²) >= 11 is 1.63. The molecule has 1 aromatic rings. The molecule has 0 fully saturated rings. The van der Waals surface area contributed by atoms with Gasteiger partial charge in [-0.15, -0.1) is 11.8 Å². The Morgan fingerprint density at radius 2 is 2.09 bits per heavy atom. The van der Waals surface area contributed by atoms with Gasteiger partial charge >= 0.3 is 5.97 Å². The van der Waals surface area contributed by atoms with Crippen LogP contribution in [0.25, 0.3) is 0 Å². The second-order valence-corrected chi connectivity index (χ2v) is 7.61. The Labute approximate surface area is 140 Å². The fourth-order valence-electron chi connectivity index (χ4n) is 2.39. The van der Waals surface area contributed by atoms with Gasteiger partial charge in [-0.3, -0.25) is 4.79 Å². The summed E-state index contributed by atoms with van der Waals surface area (Å²) in [5.74, 6) is -0.905.